The highest BCUT2D eigenvalue weighted by atomic mass is 79.9. The van der Waals surface area contributed by atoms with E-state index in [2.05, 4.69) is 27.2 Å². The number of hydrogen-bond acceptors (Lipinski definition) is 1. The fraction of sp³-hybridized carbons (Fsp3) is 0.250. The van der Waals surface area contributed by atoms with Gasteiger partial charge in [0.15, 0.2) is 0 Å². The van der Waals surface area contributed by atoms with Gasteiger partial charge in [0.1, 0.15) is 0 Å². The molecule has 1 N–H and O–H groups in total. The van der Waals surface area contributed by atoms with Crippen molar-refractivity contribution in [2.24, 2.45) is 0 Å². The van der Waals surface area contributed by atoms with Gasteiger partial charge in [0, 0.05) is 17.4 Å². The van der Waals surface area contributed by atoms with Crippen molar-refractivity contribution in [1.82, 2.24) is 5.32 Å². The second-order valence-corrected chi connectivity index (χ2v) is 4.05. The molecular weight excluding hydrogens is 254 g/mol. The Labute approximate surface area is 98.2 Å². The third kappa shape index (κ3) is 3.41. The Kier molecular flexibility index (Phi) is 4.38. The molecule has 1 amide bonds. The van der Waals surface area contributed by atoms with Crippen LogP contribution in [0.4, 0.5) is 0 Å². The smallest absolute Gasteiger partial charge is 0.252 e. The lowest BCUT2D eigenvalue weighted by atomic mass is 10.1. The number of terminal acetylenes is 1. The van der Waals surface area contributed by atoms with Crippen molar-refractivity contribution in [3.8, 4) is 12.3 Å². The molecule has 3 heteroatoms. The molecule has 1 rings (SSSR count). The van der Waals surface area contributed by atoms with Crippen molar-refractivity contribution < 1.29 is 4.79 Å². The first kappa shape index (κ1) is 11.8. The third-order valence-electron chi connectivity index (χ3n) is 1.92. The maximum absolute atomic E-state index is 11.6. The number of carbonyl (C=O) groups is 1. The fourth-order valence-electron chi connectivity index (χ4n) is 1.15. The summed E-state index contributed by atoms with van der Waals surface area (Å²) < 4.78 is 0.806. The van der Waals surface area contributed by atoms with Crippen molar-refractivity contribution in [3.63, 3.8) is 0 Å². The summed E-state index contributed by atoms with van der Waals surface area (Å²) in [7, 11) is 0. The summed E-state index contributed by atoms with van der Waals surface area (Å²) in [5.74, 6) is 2.37. The third-order valence-corrected chi connectivity index (χ3v) is 2.58. The van der Waals surface area contributed by atoms with Crippen LogP contribution in [0.3, 0.4) is 0 Å². The molecule has 0 unspecified atom stereocenters. The monoisotopic (exact) mass is 265 g/mol. The zero-order chi connectivity index (χ0) is 11.3. The molecule has 0 spiro atoms. The zero-order valence-corrected chi connectivity index (χ0v) is 10.1. The van der Waals surface area contributed by atoms with E-state index in [-0.39, 0.29) is 5.91 Å². The Bertz CT molecular complexity index is 407. The van der Waals surface area contributed by atoms with E-state index < -0.39 is 0 Å². The summed E-state index contributed by atoms with van der Waals surface area (Å²) in [5, 5.41) is 2.75. The maximum Gasteiger partial charge on any atom is 0.252 e. The summed E-state index contributed by atoms with van der Waals surface area (Å²) in [6.45, 7) is 2.49. The van der Waals surface area contributed by atoms with Gasteiger partial charge in [-0.25, -0.2) is 0 Å². The maximum atomic E-state index is 11.6. The molecule has 78 valence electrons. The van der Waals surface area contributed by atoms with E-state index >= 15 is 0 Å². The first-order valence-corrected chi connectivity index (χ1v) is 5.42. The quantitative estimate of drug-likeness (QED) is 0.661. The Morgan fingerprint density at radius 3 is 2.93 bits per heavy atom. The first-order valence-electron chi connectivity index (χ1n) is 4.63. The molecule has 0 aliphatic carbocycles. The SMILES string of the molecule is C#CCCNC(=O)c1ccc(C)cc1Br. The molecule has 1 aromatic rings. The number of hydrogen-bond donors (Lipinski definition) is 1. The minimum absolute atomic E-state index is 0.0999. The first-order chi connectivity index (χ1) is 7.15. The number of halogens is 1. The van der Waals surface area contributed by atoms with Crippen LogP contribution >= 0.6 is 15.9 Å². The largest absolute Gasteiger partial charge is 0.351 e. The molecule has 0 aliphatic rings. The van der Waals surface area contributed by atoms with Crippen molar-refractivity contribution >= 4 is 21.8 Å². The van der Waals surface area contributed by atoms with Crippen LogP contribution in [0.2, 0.25) is 0 Å². The van der Waals surface area contributed by atoms with Crippen molar-refractivity contribution in [1.29, 1.82) is 0 Å². The van der Waals surface area contributed by atoms with Gasteiger partial charge in [-0.1, -0.05) is 6.07 Å². The Hall–Kier alpha value is -1.27. The van der Waals surface area contributed by atoms with Gasteiger partial charge < -0.3 is 5.32 Å². The highest BCUT2D eigenvalue weighted by molar-refractivity contribution is 9.10. The van der Waals surface area contributed by atoms with Crippen LogP contribution in [0.5, 0.6) is 0 Å². The van der Waals surface area contributed by atoms with Crippen LogP contribution in [0.25, 0.3) is 0 Å². The normalized spacial score (nSPS) is 9.40. The number of carbonyl (C=O) groups excluding carboxylic acids is 1. The predicted octanol–water partition coefficient (Wildman–Crippen LogP) is 2.51. The van der Waals surface area contributed by atoms with Crippen molar-refractivity contribution in [2.45, 2.75) is 13.3 Å². The lowest BCUT2D eigenvalue weighted by Gasteiger charge is -2.05. The van der Waals surface area contributed by atoms with Gasteiger partial charge in [0.05, 0.1) is 5.56 Å². The van der Waals surface area contributed by atoms with Crippen LogP contribution in [0.15, 0.2) is 22.7 Å². The molecule has 0 bridgehead atoms. The van der Waals surface area contributed by atoms with Crippen LogP contribution in [-0.2, 0) is 0 Å². The summed E-state index contributed by atoms with van der Waals surface area (Å²) in [5.41, 5.74) is 1.75. The number of amides is 1. The molecule has 0 saturated heterocycles. The van der Waals surface area contributed by atoms with Gasteiger partial charge >= 0.3 is 0 Å². The second-order valence-electron chi connectivity index (χ2n) is 3.19. The molecule has 1 aromatic carbocycles. The van der Waals surface area contributed by atoms with E-state index in [0.29, 0.717) is 18.5 Å². The standard InChI is InChI=1S/C12H12BrNO/c1-3-4-7-14-12(15)10-6-5-9(2)8-11(10)13/h1,5-6,8H,4,7H2,2H3,(H,14,15). The Balaban J connectivity index is 2.70. The minimum atomic E-state index is -0.0999. The van der Waals surface area contributed by atoms with Gasteiger partial charge in [-0.15, -0.1) is 12.3 Å². The van der Waals surface area contributed by atoms with Crippen molar-refractivity contribution in [2.75, 3.05) is 6.54 Å². The Morgan fingerprint density at radius 2 is 2.33 bits per heavy atom. The zero-order valence-electron chi connectivity index (χ0n) is 8.51. The molecular formula is C12H12BrNO. The molecule has 0 radical (unpaired) electrons. The van der Waals surface area contributed by atoms with E-state index in [9.17, 15) is 4.79 Å². The lowest BCUT2D eigenvalue weighted by Crippen LogP contribution is -2.24. The molecule has 0 aliphatic heterocycles. The molecule has 0 aromatic heterocycles. The second kappa shape index (κ2) is 5.57. The van der Waals surface area contributed by atoms with E-state index in [4.69, 9.17) is 6.42 Å². The van der Waals surface area contributed by atoms with E-state index in [1.54, 1.807) is 6.07 Å². The summed E-state index contributed by atoms with van der Waals surface area (Å²) in [4.78, 5) is 11.6. The van der Waals surface area contributed by atoms with Crippen LogP contribution < -0.4 is 5.32 Å². The van der Waals surface area contributed by atoms with Gasteiger partial charge in [-0.05, 0) is 40.5 Å². The summed E-state index contributed by atoms with van der Waals surface area (Å²) >= 11 is 3.36. The number of nitrogens with one attached hydrogen (secondary N) is 1. The number of rotatable bonds is 3. The van der Waals surface area contributed by atoms with Crippen LogP contribution in [0, 0.1) is 19.3 Å². The highest BCUT2D eigenvalue weighted by Gasteiger charge is 2.08. The van der Waals surface area contributed by atoms with E-state index in [1.807, 2.05) is 19.1 Å². The van der Waals surface area contributed by atoms with Crippen molar-refractivity contribution in [3.05, 3.63) is 33.8 Å². The Morgan fingerprint density at radius 1 is 1.60 bits per heavy atom. The fourth-order valence-corrected chi connectivity index (χ4v) is 1.82. The predicted molar refractivity (Wildman–Crippen MR) is 64.7 cm³/mol. The summed E-state index contributed by atoms with van der Waals surface area (Å²) in [6, 6.07) is 5.61. The molecule has 0 saturated carbocycles. The molecule has 0 atom stereocenters. The van der Waals surface area contributed by atoms with Crippen LogP contribution in [-0.4, -0.2) is 12.5 Å². The molecule has 0 heterocycles. The topological polar surface area (TPSA) is 29.1 Å². The highest BCUT2D eigenvalue weighted by Crippen LogP contribution is 2.17. The number of benzene rings is 1. The lowest BCUT2D eigenvalue weighted by molar-refractivity contribution is 0.0954. The molecule has 15 heavy (non-hydrogen) atoms. The molecule has 0 fully saturated rings. The van der Waals surface area contributed by atoms with Gasteiger partial charge in [0.2, 0.25) is 0 Å². The van der Waals surface area contributed by atoms with E-state index in [1.165, 1.54) is 0 Å². The minimum Gasteiger partial charge on any atom is -0.351 e. The van der Waals surface area contributed by atoms with Gasteiger partial charge in [0.25, 0.3) is 5.91 Å². The average Bonchev–Trinajstić information content (AvgIpc) is 2.17. The van der Waals surface area contributed by atoms with Gasteiger partial charge in [-0.3, -0.25) is 4.79 Å². The van der Waals surface area contributed by atoms with Crippen LogP contribution in [0.1, 0.15) is 22.3 Å². The summed E-state index contributed by atoms with van der Waals surface area (Å²) in [6.07, 6.45) is 5.64. The van der Waals surface area contributed by atoms with E-state index in [0.717, 1.165) is 10.0 Å². The number of aryl methyl sites for hydroxylation is 1. The average molecular weight is 266 g/mol. The van der Waals surface area contributed by atoms with Gasteiger partial charge in [-0.2, -0.15) is 0 Å². The molecule has 2 nitrogen and oxygen atoms in total.